The maximum atomic E-state index is 12.4. The Morgan fingerprint density at radius 3 is 2.91 bits per heavy atom. The van der Waals surface area contributed by atoms with Gasteiger partial charge in [-0.05, 0) is 37.5 Å². The molecule has 120 valence electrons. The van der Waals surface area contributed by atoms with Crippen LogP contribution in [0.2, 0.25) is 0 Å². The van der Waals surface area contributed by atoms with Crippen molar-refractivity contribution in [2.24, 2.45) is 0 Å². The van der Waals surface area contributed by atoms with Crippen molar-refractivity contribution in [2.45, 2.75) is 45.3 Å². The molecule has 2 atom stereocenters. The lowest BCUT2D eigenvalue weighted by Gasteiger charge is -2.31. The molecule has 0 aliphatic carbocycles. The zero-order valence-corrected chi connectivity index (χ0v) is 13.5. The zero-order valence-electron chi connectivity index (χ0n) is 13.5. The third-order valence-corrected chi connectivity index (χ3v) is 3.90. The number of hydrogen-bond donors (Lipinski definition) is 1. The molecule has 1 aromatic rings. The van der Waals surface area contributed by atoms with Gasteiger partial charge in [0, 0.05) is 26.1 Å². The number of hydrogen-bond acceptors (Lipinski definition) is 3. The minimum Gasteiger partial charge on any atom is -0.481 e. The molecule has 5 nitrogen and oxygen atoms in total. The first-order valence-electron chi connectivity index (χ1n) is 7.77. The SMILES string of the molecule is CC[C@@H](Oc1cccc(C)c1)C(=O)N[C@H]1CCC(=O)N(C)C1. The van der Waals surface area contributed by atoms with Crippen LogP contribution in [0.1, 0.15) is 31.7 Å². The van der Waals surface area contributed by atoms with E-state index in [1.165, 1.54) is 0 Å². The number of piperidine rings is 1. The van der Waals surface area contributed by atoms with Crippen LogP contribution in [-0.4, -0.2) is 42.5 Å². The molecule has 0 spiro atoms. The van der Waals surface area contributed by atoms with Crippen molar-refractivity contribution in [3.63, 3.8) is 0 Å². The predicted molar refractivity (Wildman–Crippen MR) is 84.7 cm³/mol. The fourth-order valence-corrected chi connectivity index (χ4v) is 2.60. The third-order valence-electron chi connectivity index (χ3n) is 3.90. The average molecular weight is 304 g/mol. The van der Waals surface area contributed by atoms with Gasteiger partial charge >= 0.3 is 0 Å². The molecule has 0 aromatic heterocycles. The van der Waals surface area contributed by atoms with Crippen molar-refractivity contribution in [3.05, 3.63) is 29.8 Å². The number of amides is 2. The monoisotopic (exact) mass is 304 g/mol. The summed E-state index contributed by atoms with van der Waals surface area (Å²) in [5.41, 5.74) is 1.10. The highest BCUT2D eigenvalue weighted by Crippen LogP contribution is 2.16. The molecule has 0 saturated carbocycles. The molecule has 1 aromatic carbocycles. The van der Waals surface area contributed by atoms with Crippen LogP contribution in [0.3, 0.4) is 0 Å². The van der Waals surface area contributed by atoms with Gasteiger partial charge in [-0.25, -0.2) is 0 Å². The average Bonchev–Trinajstić information content (AvgIpc) is 2.48. The van der Waals surface area contributed by atoms with Gasteiger partial charge in [0.2, 0.25) is 5.91 Å². The van der Waals surface area contributed by atoms with E-state index in [4.69, 9.17) is 4.74 Å². The summed E-state index contributed by atoms with van der Waals surface area (Å²) in [6.07, 6.45) is 1.26. The van der Waals surface area contributed by atoms with Gasteiger partial charge in [0.05, 0.1) is 0 Å². The van der Waals surface area contributed by atoms with E-state index in [-0.39, 0.29) is 17.9 Å². The molecule has 5 heteroatoms. The number of carbonyl (C=O) groups excluding carboxylic acids is 2. The highest BCUT2D eigenvalue weighted by molar-refractivity contribution is 5.82. The largest absolute Gasteiger partial charge is 0.481 e. The number of likely N-dealkylation sites (tertiary alicyclic amines) is 1. The van der Waals surface area contributed by atoms with Crippen LogP contribution in [0.15, 0.2) is 24.3 Å². The van der Waals surface area contributed by atoms with Gasteiger partial charge < -0.3 is 15.0 Å². The number of aryl methyl sites for hydroxylation is 1. The summed E-state index contributed by atoms with van der Waals surface area (Å²) >= 11 is 0. The Bertz CT molecular complexity index is 544. The maximum Gasteiger partial charge on any atom is 0.261 e. The van der Waals surface area contributed by atoms with Gasteiger partial charge in [-0.3, -0.25) is 9.59 Å². The summed E-state index contributed by atoms with van der Waals surface area (Å²) in [4.78, 5) is 25.5. The Morgan fingerprint density at radius 1 is 1.50 bits per heavy atom. The normalized spacial score (nSPS) is 19.7. The fourth-order valence-electron chi connectivity index (χ4n) is 2.60. The maximum absolute atomic E-state index is 12.4. The third kappa shape index (κ3) is 4.23. The van der Waals surface area contributed by atoms with Gasteiger partial charge in [-0.1, -0.05) is 19.1 Å². The first kappa shape index (κ1) is 16.3. The van der Waals surface area contributed by atoms with E-state index < -0.39 is 6.10 Å². The molecule has 0 radical (unpaired) electrons. The molecule has 1 heterocycles. The molecule has 2 rings (SSSR count). The Morgan fingerprint density at radius 2 is 2.27 bits per heavy atom. The summed E-state index contributed by atoms with van der Waals surface area (Å²) in [6, 6.07) is 7.68. The predicted octanol–water partition coefficient (Wildman–Crippen LogP) is 1.89. The fraction of sp³-hybridized carbons (Fsp3) is 0.529. The Kier molecular flexibility index (Phi) is 5.41. The Balaban J connectivity index is 1.93. The molecule has 0 bridgehead atoms. The van der Waals surface area contributed by atoms with Gasteiger partial charge in [0.25, 0.3) is 5.91 Å². The standard InChI is InChI=1S/C17H24N2O3/c1-4-15(22-14-7-5-6-12(2)10-14)17(21)18-13-8-9-16(20)19(3)11-13/h5-7,10,13,15H,4,8-9,11H2,1-3H3,(H,18,21)/t13-,15+/m0/s1. The number of nitrogens with zero attached hydrogens (tertiary/aromatic N) is 1. The quantitative estimate of drug-likeness (QED) is 0.904. The molecule has 1 aliphatic heterocycles. The molecule has 1 aliphatic rings. The second kappa shape index (κ2) is 7.29. The summed E-state index contributed by atoms with van der Waals surface area (Å²) in [5, 5.41) is 3.00. The van der Waals surface area contributed by atoms with Crippen LogP contribution in [0, 0.1) is 6.92 Å². The van der Waals surface area contributed by atoms with Crippen molar-refractivity contribution in [1.29, 1.82) is 0 Å². The van der Waals surface area contributed by atoms with E-state index in [2.05, 4.69) is 5.32 Å². The van der Waals surface area contributed by atoms with Crippen molar-refractivity contribution in [3.8, 4) is 5.75 Å². The molecular weight excluding hydrogens is 280 g/mol. The Labute approximate surface area is 131 Å². The van der Waals surface area contributed by atoms with Crippen molar-refractivity contribution < 1.29 is 14.3 Å². The zero-order chi connectivity index (χ0) is 16.1. The number of ether oxygens (including phenoxy) is 1. The van der Waals surface area contributed by atoms with Crippen molar-refractivity contribution in [1.82, 2.24) is 10.2 Å². The first-order chi connectivity index (χ1) is 10.5. The number of nitrogens with one attached hydrogen (secondary N) is 1. The van der Waals surface area contributed by atoms with E-state index in [9.17, 15) is 9.59 Å². The van der Waals surface area contributed by atoms with Crippen LogP contribution in [0.5, 0.6) is 5.75 Å². The van der Waals surface area contributed by atoms with Crippen LogP contribution in [-0.2, 0) is 9.59 Å². The van der Waals surface area contributed by atoms with E-state index in [1.54, 1.807) is 11.9 Å². The molecule has 2 amide bonds. The Hall–Kier alpha value is -2.04. The summed E-state index contributed by atoms with van der Waals surface area (Å²) in [6.45, 7) is 4.48. The highest BCUT2D eigenvalue weighted by Gasteiger charge is 2.27. The first-order valence-corrected chi connectivity index (χ1v) is 7.77. The molecule has 1 N–H and O–H groups in total. The lowest BCUT2D eigenvalue weighted by Crippen LogP contribution is -2.51. The minimum absolute atomic E-state index is 0.00496. The summed E-state index contributed by atoms with van der Waals surface area (Å²) < 4.78 is 5.80. The molecular formula is C17H24N2O3. The lowest BCUT2D eigenvalue weighted by atomic mass is 10.1. The topological polar surface area (TPSA) is 58.6 Å². The van der Waals surface area contributed by atoms with Gasteiger partial charge in [0.15, 0.2) is 6.10 Å². The van der Waals surface area contributed by atoms with Crippen molar-refractivity contribution >= 4 is 11.8 Å². The number of carbonyl (C=O) groups is 2. The van der Waals surface area contributed by atoms with Crippen LogP contribution < -0.4 is 10.1 Å². The summed E-state index contributed by atoms with van der Waals surface area (Å²) in [7, 11) is 1.77. The highest BCUT2D eigenvalue weighted by atomic mass is 16.5. The molecule has 0 unspecified atom stereocenters. The van der Waals surface area contributed by atoms with Crippen LogP contribution >= 0.6 is 0 Å². The molecule has 1 saturated heterocycles. The summed E-state index contributed by atoms with van der Waals surface area (Å²) in [5.74, 6) is 0.725. The minimum atomic E-state index is -0.510. The van der Waals surface area contributed by atoms with Gasteiger partial charge in [-0.15, -0.1) is 0 Å². The van der Waals surface area contributed by atoms with Crippen molar-refractivity contribution in [2.75, 3.05) is 13.6 Å². The van der Waals surface area contributed by atoms with Crippen LogP contribution in [0.25, 0.3) is 0 Å². The van der Waals surface area contributed by atoms with E-state index in [1.807, 2.05) is 38.1 Å². The van der Waals surface area contributed by atoms with E-state index in [0.717, 1.165) is 5.56 Å². The van der Waals surface area contributed by atoms with Gasteiger partial charge in [-0.2, -0.15) is 0 Å². The number of likely N-dealkylation sites (N-methyl/N-ethyl adjacent to an activating group) is 1. The smallest absolute Gasteiger partial charge is 0.261 e. The number of benzene rings is 1. The second-order valence-corrected chi connectivity index (χ2v) is 5.85. The van der Waals surface area contributed by atoms with Crippen LogP contribution in [0.4, 0.5) is 0 Å². The van der Waals surface area contributed by atoms with E-state index >= 15 is 0 Å². The van der Waals surface area contributed by atoms with Gasteiger partial charge in [0.1, 0.15) is 5.75 Å². The molecule has 22 heavy (non-hydrogen) atoms. The second-order valence-electron chi connectivity index (χ2n) is 5.85. The number of rotatable bonds is 5. The molecule has 1 fully saturated rings. The van der Waals surface area contributed by atoms with E-state index in [0.29, 0.717) is 31.6 Å². The lowest BCUT2D eigenvalue weighted by molar-refractivity contribution is -0.135.